The Morgan fingerprint density at radius 3 is 2.53 bits per heavy atom. The molecular weight excluding hydrogens is 262 g/mol. The molecule has 0 amide bonds. The van der Waals surface area contributed by atoms with E-state index in [9.17, 15) is 9.00 Å². The Labute approximate surface area is 113 Å². The van der Waals surface area contributed by atoms with Gasteiger partial charge in [-0.05, 0) is 17.7 Å². The molecule has 1 atom stereocenters. The lowest BCUT2D eigenvalue weighted by Gasteiger charge is -2.05. The summed E-state index contributed by atoms with van der Waals surface area (Å²) in [6.45, 7) is 0. The van der Waals surface area contributed by atoms with Crippen LogP contribution in [-0.4, -0.2) is 20.3 Å². The minimum Gasteiger partial charge on any atom is -0.478 e. The molecule has 0 aliphatic heterocycles. The topological polar surface area (TPSA) is 67.3 Å². The number of hydrogen-bond donors (Lipinski definition) is 1. The zero-order chi connectivity index (χ0) is 13.7. The molecule has 4 nitrogen and oxygen atoms in total. The van der Waals surface area contributed by atoms with Crippen LogP contribution in [-0.2, 0) is 22.3 Å². The molecule has 1 unspecified atom stereocenters. The minimum absolute atomic E-state index is 0.115. The lowest BCUT2D eigenvalue weighted by molar-refractivity contribution is 0.0695. The Hall–Kier alpha value is -2.01. The molecule has 0 saturated heterocycles. The van der Waals surface area contributed by atoms with E-state index in [1.165, 1.54) is 12.3 Å². The van der Waals surface area contributed by atoms with Crippen LogP contribution >= 0.6 is 0 Å². The van der Waals surface area contributed by atoms with Crippen molar-refractivity contribution in [1.82, 2.24) is 4.98 Å². The fourth-order valence-corrected chi connectivity index (χ4v) is 2.91. The van der Waals surface area contributed by atoms with Crippen molar-refractivity contribution >= 4 is 16.8 Å². The Morgan fingerprint density at radius 1 is 1.11 bits per heavy atom. The molecule has 1 N–H and O–H groups in total. The number of nitrogens with zero attached hydrogens (tertiary/aromatic N) is 1. The summed E-state index contributed by atoms with van der Waals surface area (Å²) in [5.41, 5.74) is 1.45. The molecule has 0 fully saturated rings. The van der Waals surface area contributed by atoms with E-state index in [1.807, 2.05) is 30.3 Å². The molecule has 2 rings (SSSR count). The molecule has 0 bridgehead atoms. The van der Waals surface area contributed by atoms with Crippen LogP contribution < -0.4 is 0 Å². The van der Waals surface area contributed by atoms with Crippen molar-refractivity contribution in [1.29, 1.82) is 0 Å². The number of rotatable bonds is 5. The maximum atomic E-state index is 12.0. The van der Waals surface area contributed by atoms with Crippen LogP contribution in [0.25, 0.3) is 0 Å². The Balaban J connectivity index is 2.09. The summed E-state index contributed by atoms with van der Waals surface area (Å²) in [6, 6.07) is 12.5. The normalized spacial score (nSPS) is 12.0. The molecule has 1 aromatic carbocycles. The van der Waals surface area contributed by atoms with Gasteiger partial charge in [0.2, 0.25) is 0 Å². The molecule has 0 aliphatic carbocycles. The predicted octanol–water partition coefficient (Wildman–Crippen LogP) is 2.23. The van der Waals surface area contributed by atoms with Crippen molar-refractivity contribution in [2.75, 3.05) is 0 Å². The van der Waals surface area contributed by atoms with E-state index in [0.29, 0.717) is 11.4 Å². The Bertz CT molecular complexity index is 599. The summed E-state index contributed by atoms with van der Waals surface area (Å²) < 4.78 is 12.0. The molecule has 98 valence electrons. The van der Waals surface area contributed by atoms with Crippen LogP contribution in [0.4, 0.5) is 0 Å². The van der Waals surface area contributed by atoms with Gasteiger partial charge in [-0.1, -0.05) is 30.3 Å². The zero-order valence-electron chi connectivity index (χ0n) is 10.2. The van der Waals surface area contributed by atoms with Gasteiger partial charge in [0.15, 0.2) is 0 Å². The van der Waals surface area contributed by atoms with Gasteiger partial charge in [0, 0.05) is 22.7 Å². The van der Waals surface area contributed by atoms with E-state index in [1.54, 1.807) is 6.07 Å². The van der Waals surface area contributed by atoms with E-state index in [-0.39, 0.29) is 11.3 Å². The highest BCUT2D eigenvalue weighted by Crippen LogP contribution is 2.11. The monoisotopic (exact) mass is 275 g/mol. The van der Waals surface area contributed by atoms with Gasteiger partial charge >= 0.3 is 5.97 Å². The van der Waals surface area contributed by atoms with Crippen molar-refractivity contribution in [2.24, 2.45) is 0 Å². The van der Waals surface area contributed by atoms with Crippen LogP contribution in [0.5, 0.6) is 0 Å². The predicted molar refractivity (Wildman–Crippen MR) is 73.2 cm³/mol. The highest BCUT2D eigenvalue weighted by molar-refractivity contribution is 7.83. The molecule has 0 radical (unpaired) electrons. The quantitative estimate of drug-likeness (QED) is 0.908. The highest BCUT2D eigenvalue weighted by Gasteiger charge is 2.13. The van der Waals surface area contributed by atoms with E-state index in [4.69, 9.17) is 5.11 Å². The molecule has 5 heteroatoms. The third kappa shape index (κ3) is 3.72. The first-order valence-corrected chi connectivity index (χ1v) is 7.21. The van der Waals surface area contributed by atoms with Crippen molar-refractivity contribution in [2.45, 2.75) is 11.5 Å². The van der Waals surface area contributed by atoms with Gasteiger partial charge in [-0.25, -0.2) is 4.79 Å². The van der Waals surface area contributed by atoms with Crippen molar-refractivity contribution in [3.05, 3.63) is 65.5 Å². The fourth-order valence-electron chi connectivity index (χ4n) is 1.71. The standard InChI is InChI=1S/C14H13NO3S/c16-14(17)12-7-4-8-15-13(12)10-19(18)9-11-5-2-1-3-6-11/h1-8H,9-10H2,(H,16,17). The summed E-state index contributed by atoms with van der Waals surface area (Å²) in [4.78, 5) is 15.0. The molecule has 2 aromatic rings. The van der Waals surface area contributed by atoms with Crippen molar-refractivity contribution in [3.8, 4) is 0 Å². The summed E-state index contributed by atoms with van der Waals surface area (Å²) in [5.74, 6) is -0.492. The van der Waals surface area contributed by atoms with Gasteiger partial charge in [-0.2, -0.15) is 0 Å². The van der Waals surface area contributed by atoms with Crippen LogP contribution in [0.3, 0.4) is 0 Å². The average molecular weight is 275 g/mol. The first-order valence-electron chi connectivity index (χ1n) is 5.73. The Morgan fingerprint density at radius 2 is 1.84 bits per heavy atom. The third-order valence-corrected chi connectivity index (χ3v) is 3.84. The van der Waals surface area contributed by atoms with Gasteiger partial charge in [-0.3, -0.25) is 9.19 Å². The van der Waals surface area contributed by atoms with Crippen LogP contribution in [0.1, 0.15) is 21.6 Å². The summed E-state index contributed by atoms with van der Waals surface area (Å²) in [6.07, 6.45) is 1.52. The molecule has 19 heavy (non-hydrogen) atoms. The maximum absolute atomic E-state index is 12.0. The number of pyridine rings is 1. The first kappa shape index (κ1) is 13.4. The third-order valence-electron chi connectivity index (χ3n) is 2.59. The van der Waals surface area contributed by atoms with E-state index < -0.39 is 16.8 Å². The largest absolute Gasteiger partial charge is 0.478 e. The second-order valence-electron chi connectivity index (χ2n) is 4.02. The highest BCUT2D eigenvalue weighted by atomic mass is 32.2. The fraction of sp³-hybridized carbons (Fsp3) is 0.143. The molecule has 0 spiro atoms. The van der Waals surface area contributed by atoms with Gasteiger partial charge in [0.1, 0.15) is 0 Å². The lowest BCUT2D eigenvalue weighted by Crippen LogP contribution is -2.08. The van der Waals surface area contributed by atoms with E-state index >= 15 is 0 Å². The van der Waals surface area contributed by atoms with Gasteiger partial charge in [-0.15, -0.1) is 0 Å². The van der Waals surface area contributed by atoms with Crippen LogP contribution in [0.15, 0.2) is 48.7 Å². The molecule has 0 saturated carbocycles. The van der Waals surface area contributed by atoms with Crippen LogP contribution in [0, 0.1) is 0 Å². The van der Waals surface area contributed by atoms with Crippen molar-refractivity contribution < 1.29 is 14.1 Å². The van der Waals surface area contributed by atoms with E-state index in [2.05, 4.69) is 4.98 Å². The van der Waals surface area contributed by atoms with Crippen LogP contribution in [0.2, 0.25) is 0 Å². The smallest absolute Gasteiger partial charge is 0.337 e. The number of aromatic nitrogens is 1. The molecule has 0 aliphatic rings. The molecule has 1 aromatic heterocycles. The maximum Gasteiger partial charge on any atom is 0.337 e. The molecular formula is C14H13NO3S. The second kappa shape index (κ2) is 6.24. The number of aromatic carboxylic acids is 1. The summed E-state index contributed by atoms with van der Waals surface area (Å²) in [5, 5.41) is 9.03. The van der Waals surface area contributed by atoms with Gasteiger partial charge < -0.3 is 5.11 Å². The summed E-state index contributed by atoms with van der Waals surface area (Å²) >= 11 is 0. The average Bonchev–Trinajstić information content (AvgIpc) is 2.40. The molecule has 1 heterocycles. The van der Waals surface area contributed by atoms with Crippen molar-refractivity contribution in [3.63, 3.8) is 0 Å². The number of carbonyl (C=O) groups is 1. The number of carboxylic acids is 1. The van der Waals surface area contributed by atoms with E-state index in [0.717, 1.165) is 5.56 Å². The SMILES string of the molecule is O=C(O)c1cccnc1CS(=O)Cc1ccccc1. The van der Waals surface area contributed by atoms with Gasteiger partial charge in [0.05, 0.1) is 17.0 Å². The summed E-state index contributed by atoms with van der Waals surface area (Å²) in [7, 11) is -1.17. The number of benzene rings is 1. The minimum atomic E-state index is -1.17. The number of carboxylic acid groups (broad SMARTS) is 1. The second-order valence-corrected chi connectivity index (χ2v) is 5.47. The number of hydrogen-bond acceptors (Lipinski definition) is 3. The zero-order valence-corrected chi connectivity index (χ0v) is 11.0. The first-order chi connectivity index (χ1) is 9.16. The Kier molecular flexibility index (Phi) is 4.41. The lowest BCUT2D eigenvalue weighted by atomic mass is 10.2. The van der Waals surface area contributed by atoms with Gasteiger partial charge in [0.25, 0.3) is 0 Å².